The van der Waals surface area contributed by atoms with E-state index in [0.717, 1.165) is 6.42 Å². The first-order valence-corrected chi connectivity index (χ1v) is 8.56. The van der Waals surface area contributed by atoms with Gasteiger partial charge in [-0.15, -0.1) is 0 Å². The molecule has 3 fully saturated rings. The van der Waals surface area contributed by atoms with Crippen LogP contribution in [0, 0.1) is 28.6 Å². The van der Waals surface area contributed by atoms with Crippen LogP contribution in [0.5, 0.6) is 0 Å². The van der Waals surface area contributed by atoms with Crippen LogP contribution >= 0.6 is 0 Å². The van der Waals surface area contributed by atoms with Crippen molar-refractivity contribution in [2.24, 2.45) is 34.3 Å². The molecule has 0 spiro atoms. The fraction of sp³-hybridized carbons (Fsp3) is 0.737. The molecule has 0 aromatic rings. The highest BCUT2D eigenvalue weighted by Crippen LogP contribution is 2.80. The predicted octanol–water partition coefficient (Wildman–Crippen LogP) is 3.97. The van der Waals surface area contributed by atoms with Crippen molar-refractivity contribution in [3.63, 3.8) is 0 Å². The maximum Gasteiger partial charge on any atom is 0.224 e. The van der Waals surface area contributed by atoms with Crippen LogP contribution in [0.3, 0.4) is 0 Å². The Bertz CT molecular complexity index is 613. The van der Waals surface area contributed by atoms with Crippen molar-refractivity contribution >= 4 is 5.91 Å². The maximum absolute atomic E-state index is 12.5. The number of allylic oxidation sites excluding steroid dienone is 4. The second-order valence-electron chi connectivity index (χ2n) is 8.08. The molecule has 0 aliphatic heterocycles. The summed E-state index contributed by atoms with van der Waals surface area (Å²) in [5, 5.41) is 0. The van der Waals surface area contributed by atoms with E-state index in [1.165, 1.54) is 42.4 Å². The molecule has 0 aromatic carbocycles. The number of hydrogen-bond acceptors (Lipinski definition) is 1. The quantitative estimate of drug-likeness (QED) is 0.819. The molecule has 21 heavy (non-hydrogen) atoms. The lowest BCUT2D eigenvalue weighted by Gasteiger charge is -2.62. The molecule has 2 nitrogen and oxygen atoms in total. The summed E-state index contributed by atoms with van der Waals surface area (Å²) in [5.74, 6) is 1.76. The molecule has 4 aliphatic rings. The molecule has 0 heterocycles. The third-order valence-corrected chi connectivity index (χ3v) is 8.10. The Kier molecular flexibility index (Phi) is 2.48. The number of hydrogen-bond donors (Lipinski definition) is 1. The normalized spacial score (nSPS) is 47.9. The van der Waals surface area contributed by atoms with Crippen molar-refractivity contribution in [3.05, 3.63) is 22.3 Å². The third kappa shape index (κ3) is 1.18. The highest BCUT2D eigenvalue weighted by atomic mass is 16.1. The van der Waals surface area contributed by atoms with E-state index >= 15 is 0 Å². The van der Waals surface area contributed by atoms with Gasteiger partial charge in [0.05, 0.1) is 5.41 Å². The van der Waals surface area contributed by atoms with Gasteiger partial charge in [-0.05, 0) is 81.8 Å². The Hall–Kier alpha value is -1.05. The van der Waals surface area contributed by atoms with E-state index in [9.17, 15) is 4.79 Å². The average molecular weight is 285 g/mol. The lowest BCUT2D eigenvalue weighted by atomic mass is 9.40. The molecule has 114 valence electrons. The van der Waals surface area contributed by atoms with E-state index in [0.29, 0.717) is 17.8 Å². The Morgan fingerprint density at radius 2 is 1.76 bits per heavy atom. The van der Waals surface area contributed by atoms with Gasteiger partial charge in [0.1, 0.15) is 0 Å². The molecule has 2 bridgehead atoms. The van der Waals surface area contributed by atoms with Crippen LogP contribution < -0.4 is 5.73 Å². The average Bonchev–Trinajstić information content (AvgIpc) is 2.99. The van der Waals surface area contributed by atoms with Gasteiger partial charge in [-0.2, -0.15) is 0 Å². The van der Waals surface area contributed by atoms with E-state index in [1.54, 1.807) is 5.57 Å². The number of amides is 1. The lowest BCUT2D eigenvalue weighted by molar-refractivity contribution is -0.158. The molecule has 0 aromatic heterocycles. The highest BCUT2D eigenvalue weighted by molar-refractivity contribution is 5.86. The van der Waals surface area contributed by atoms with Crippen LogP contribution in [0.4, 0.5) is 0 Å². The predicted molar refractivity (Wildman–Crippen MR) is 84.4 cm³/mol. The summed E-state index contributed by atoms with van der Waals surface area (Å²) >= 11 is 0. The zero-order valence-electron chi connectivity index (χ0n) is 13.8. The summed E-state index contributed by atoms with van der Waals surface area (Å²) in [4.78, 5) is 12.5. The summed E-state index contributed by atoms with van der Waals surface area (Å²) < 4.78 is 0. The van der Waals surface area contributed by atoms with E-state index < -0.39 is 0 Å². The minimum atomic E-state index is -0.203. The Labute approximate surface area is 127 Å². The van der Waals surface area contributed by atoms with Gasteiger partial charge >= 0.3 is 0 Å². The van der Waals surface area contributed by atoms with Gasteiger partial charge in [0.15, 0.2) is 0 Å². The van der Waals surface area contributed by atoms with Crippen LogP contribution in [0.2, 0.25) is 0 Å². The molecule has 3 saturated carbocycles. The molecule has 2 heteroatoms. The van der Waals surface area contributed by atoms with Gasteiger partial charge in [-0.3, -0.25) is 4.79 Å². The van der Waals surface area contributed by atoms with Crippen molar-refractivity contribution in [1.29, 1.82) is 0 Å². The van der Waals surface area contributed by atoms with Crippen molar-refractivity contribution in [2.45, 2.75) is 59.8 Å². The second kappa shape index (κ2) is 3.83. The summed E-state index contributed by atoms with van der Waals surface area (Å²) in [6.45, 7) is 9.14. The van der Waals surface area contributed by atoms with E-state index in [1.807, 2.05) is 0 Å². The first-order valence-electron chi connectivity index (χ1n) is 8.56. The second-order valence-corrected chi connectivity index (χ2v) is 8.08. The largest absolute Gasteiger partial charge is 0.369 e. The fourth-order valence-corrected chi connectivity index (χ4v) is 6.90. The van der Waals surface area contributed by atoms with Gasteiger partial charge < -0.3 is 5.73 Å². The van der Waals surface area contributed by atoms with Gasteiger partial charge in [-0.1, -0.05) is 18.1 Å². The molecular weight excluding hydrogens is 258 g/mol. The van der Waals surface area contributed by atoms with E-state index in [-0.39, 0.29) is 16.7 Å². The number of rotatable bonds is 2. The molecule has 5 unspecified atom stereocenters. The SMILES string of the molecule is CC1=C(C)C(C)C(C23CCC2(C(N)=O)C2CCC3C2)=C1C. The van der Waals surface area contributed by atoms with Crippen molar-refractivity contribution in [1.82, 2.24) is 0 Å². The molecule has 4 rings (SSSR count). The van der Waals surface area contributed by atoms with Gasteiger partial charge in [0.2, 0.25) is 5.91 Å². The zero-order chi connectivity index (χ0) is 15.2. The van der Waals surface area contributed by atoms with Crippen molar-refractivity contribution in [2.75, 3.05) is 0 Å². The molecule has 1 amide bonds. The number of carbonyl (C=O) groups is 1. The standard InChI is InChI=1S/C19H27NO/c1-10-11(2)13(4)16(12(10)3)18-7-8-19(18,17(20)21)15-6-5-14(18)9-15/h12,14-15H,5-9H2,1-4H3,(H2,20,21). The summed E-state index contributed by atoms with van der Waals surface area (Å²) in [6, 6.07) is 0. The molecule has 0 radical (unpaired) electrons. The van der Waals surface area contributed by atoms with Crippen LogP contribution in [0.15, 0.2) is 22.3 Å². The maximum atomic E-state index is 12.5. The number of carbonyl (C=O) groups excluding carboxylic acids is 1. The number of fused-ring (bicyclic) bond motifs is 5. The molecule has 4 aliphatic carbocycles. The monoisotopic (exact) mass is 285 g/mol. The summed E-state index contributed by atoms with van der Waals surface area (Å²) in [6.07, 6.45) is 5.99. The van der Waals surface area contributed by atoms with Crippen LogP contribution in [-0.2, 0) is 4.79 Å². The van der Waals surface area contributed by atoms with Gasteiger partial charge in [0.25, 0.3) is 0 Å². The first-order chi connectivity index (χ1) is 9.88. The molecular formula is C19H27NO. The topological polar surface area (TPSA) is 43.1 Å². The third-order valence-electron chi connectivity index (χ3n) is 8.10. The Morgan fingerprint density at radius 1 is 1.10 bits per heavy atom. The van der Waals surface area contributed by atoms with Crippen LogP contribution in [-0.4, -0.2) is 5.91 Å². The van der Waals surface area contributed by atoms with E-state index in [2.05, 4.69) is 27.7 Å². The molecule has 0 saturated heterocycles. The van der Waals surface area contributed by atoms with Gasteiger partial charge in [-0.25, -0.2) is 0 Å². The smallest absolute Gasteiger partial charge is 0.224 e. The Morgan fingerprint density at radius 3 is 2.24 bits per heavy atom. The van der Waals surface area contributed by atoms with Crippen LogP contribution in [0.25, 0.3) is 0 Å². The van der Waals surface area contributed by atoms with Gasteiger partial charge in [0, 0.05) is 5.41 Å². The summed E-state index contributed by atoms with van der Waals surface area (Å²) in [7, 11) is 0. The molecule has 2 N–H and O–H groups in total. The minimum Gasteiger partial charge on any atom is -0.369 e. The van der Waals surface area contributed by atoms with E-state index in [4.69, 9.17) is 5.73 Å². The fourth-order valence-electron chi connectivity index (χ4n) is 6.90. The number of primary amides is 1. The molecule has 5 atom stereocenters. The lowest BCUT2D eigenvalue weighted by Crippen LogP contribution is -2.63. The number of nitrogens with two attached hydrogens (primary N) is 1. The minimum absolute atomic E-state index is 0.00402. The van der Waals surface area contributed by atoms with Crippen molar-refractivity contribution in [3.8, 4) is 0 Å². The van der Waals surface area contributed by atoms with Crippen molar-refractivity contribution < 1.29 is 4.79 Å². The van der Waals surface area contributed by atoms with Crippen LogP contribution in [0.1, 0.15) is 59.8 Å². The Balaban J connectivity index is 1.91. The first kappa shape index (κ1) is 13.6. The zero-order valence-corrected chi connectivity index (χ0v) is 13.8. The summed E-state index contributed by atoms with van der Waals surface area (Å²) in [5.41, 5.74) is 11.9. The highest BCUT2D eigenvalue weighted by Gasteiger charge is 2.76.